The Kier molecular flexibility index (Phi) is 6.50. The summed E-state index contributed by atoms with van der Waals surface area (Å²) in [5.74, 6) is 0.511. The maximum Gasteiger partial charge on any atom is 0.419 e. The summed E-state index contributed by atoms with van der Waals surface area (Å²) in [6.45, 7) is 4.64. The highest BCUT2D eigenvalue weighted by Crippen LogP contribution is 2.33. The molecule has 0 fully saturated rings. The van der Waals surface area contributed by atoms with Crippen molar-refractivity contribution >= 4 is 17.0 Å². The summed E-state index contributed by atoms with van der Waals surface area (Å²) in [7, 11) is 1.65. The van der Waals surface area contributed by atoms with E-state index in [1.165, 1.54) is 0 Å². The van der Waals surface area contributed by atoms with Gasteiger partial charge in [0.25, 0.3) is 0 Å². The number of hydrogen-bond acceptors (Lipinski definition) is 3. The first-order chi connectivity index (χ1) is 16.0. The zero-order valence-electron chi connectivity index (χ0n) is 19.1. The first-order valence-electron chi connectivity index (χ1n) is 10.9. The van der Waals surface area contributed by atoms with Gasteiger partial charge in [0.2, 0.25) is 0 Å². The first-order valence-corrected chi connectivity index (χ1v) is 10.9. The second kappa shape index (κ2) is 9.65. The standard InChI is InChI=1S/C28H28N2O3/c1-28(2,25-21-30(32-3)26-17-11-10-16-24(25)26)18-19-29(20-22-12-6-4-7-13-22)27(31)33-23-14-8-5-9-15-23/h4-19,21H,20H2,1-3H3/b19-18+. The number of carbonyl (C=O) groups is 1. The zero-order chi connectivity index (χ0) is 23.3. The van der Waals surface area contributed by atoms with Crippen LogP contribution in [0.3, 0.4) is 0 Å². The van der Waals surface area contributed by atoms with E-state index in [4.69, 9.17) is 9.57 Å². The minimum absolute atomic E-state index is 0.370. The summed E-state index contributed by atoms with van der Waals surface area (Å²) in [4.78, 5) is 20.2. The number of amides is 1. The molecule has 3 aromatic carbocycles. The minimum atomic E-state index is -0.434. The van der Waals surface area contributed by atoms with Gasteiger partial charge in [-0.25, -0.2) is 4.79 Å². The van der Waals surface area contributed by atoms with Crippen molar-refractivity contribution in [3.63, 3.8) is 0 Å². The van der Waals surface area contributed by atoms with Crippen molar-refractivity contribution in [3.8, 4) is 5.75 Å². The van der Waals surface area contributed by atoms with E-state index in [0.717, 1.165) is 22.0 Å². The summed E-state index contributed by atoms with van der Waals surface area (Å²) in [6, 6.07) is 27.1. The molecular weight excluding hydrogens is 412 g/mol. The van der Waals surface area contributed by atoms with Gasteiger partial charge in [0.05, 0.1) is 12.1 Å². The van der Waals surface area contributed by atoms with Crippen molar-refractivity contribution in [2.24, 2.45) is 0 Å². The van der Waals surface area contributed by atoms with Crippen LogP contribution < -0.4 is 9.57 Å². The van der Waals surface area contributed by atoms with Crippen LogP contribution in [0.5, 0.6) is 5.75 Å². The van der Waals surface area contributed by atoms with Gasteiger partial charge in [0.1, 0.15) is 12.9 Å². The van der Waals surface area contributed by atoms with E-state index in [-0.39, 0.29) is 5.41 Å². The summed E-state index contributed by atoms with van der Waals surface area (Å²) in [6.07, 6.45) is 5.41. The Bertz CT molecular complexity index is 1240. The Morgan fingerprint density at radius 3 is 2.27 bits per heavy atom. The normalized spacial score (nSPS) is 11.6. The number of carbonyl (C=O) groups excluding carboxylic acids is 1. The first kappa shape index (κ1) is 22.2. The molecule has 0 saturated heterocycles. The third-order valence-corrected chi connectivity index (χ3v) is 5.62. The van der Waals surface area contributed by atoms with Gasteiger partial charge < -0.3 is 9.57 Å². The number of hydrogen-bond donors (Lipinski definition) is 0. The maximum atomic E-state index is 13.1. The van der Waals surface area contributed by atoms with E-state index < -0.39 is 6.09 Å². The summed E-state index contributed by atoms with van der Waals surface area (Å²) in [5.41, 5.74) is 2.75. The second-order valence-corrected chi connectivity index (χ2v) is 8.40. The van der Waals surface area contributed by atoms with Crippen molar-refractivity contribution in [2.45, 2.75) is 25.8 Å². The third kappa shape index (κ3) is 5.09. The molecule has 0 spiro atoms. The second-order valence-electron chi connectivity index (χ2n) is 8.40. The van der Waals surface area contributed by atoms with Crippen LogP contribution in [0.4, 0.5) is 4.79 Å². The van der Waals surface area contributed by atoms with Gasteiger partial charge in [-0.05, 0) is 29.3 Å². The molecule has 1 heterocycles. The molecule has 0 unspecified atom stereocenters. The zero-order valence-corrected chi connectivity index (χ0v) is 19.1. The average Bonchev–Trinajstić information content (AvgIpc) is 3.23. The fourth-order valence-corrected chi connectivity index (χ4v) is 3.79. The fraction of sp³-hybridized carbons (Fsp3) is 0.179. The summed E-state index contributed by atoms with van der Waals surface area (Å²) >= 11 is 0. The molecule has 4 aromatic rings. The molecular formula is C28H28N2O3. The topological polar surface area (TPSA) is 43.7 Å². The summed E-state index contributed by atoms with van der Waals surface area (Å²) in [5, 5.41) is 1.11. The number of allylic oxidation sites excluding steroid dienone is 1. The Hall–Kier alpha value is -3.99. The summed E-state index contributed by atoms with van der Waals surface area (Å²) < 4.78 is 7.39. The van der Waals surface area contributed by atoms with Gasteiger partial charge in [-0.2, -0.15) is 4.73 Å². The number of ether oxygens (including phenoxy) is 1. The van der Waals surface area contributed by atoms with E-state index in [1.54, 1.807) is 28.9 Å². The molecule has 0 N–H and O–H groups in total. The van der Waals surface area contributed by atoms with Crippen LogP contribution in [-0.4, -0.2) is 22.8 Å². The predicted octanol–water partition coefficient (Wildman–Crippen LogP) is 6.19. The number of benzene rings is 3. The SMILES string of the molecule is COn1cc(C(C)(C)/C=C/N(Cc2ccccc2)C(=O)Oc2ccccc2)c2ccccc21. The van der Waals surface area contributed by atoms with Gasteiger partial charge in [-0.1, -0.05) is 86.7 Å². The number of nitrogens with zero attached hydrogens (tertiary/aromatic N) is 2. The van der Waals surface area contributed by atoms with E-state index in [9.17, 15) is 4.79 Å². The molecule has 33 heavy (non-hydrogen) atoms. The van der Waals surface area contributed by atoms with Crippen LogP contribution in [0.15, 0.2) is 103 Å². The molecule has 0 aliphatic rings. The predicted molar refractivity (Wildman–Crippen MR) is 131 cm³/mol. The van der Waals surface area contributed by atoms with Crippen molar-refractivity contribution in [3.05, 3.63) is 115 Å². The van der Waals surface area contributed by atoms with Crippen molar-refractivity contribution < 1.29 is 14.4 Å². The molecule has 0 saturated carbocycles. The Morgan fingerprint density at radius 2 is 1.58 bits per heavy atom. The largest absolute Gasteiger partial charge is 0.419 e. The molecule has 4 rings (SSSR count). The quantitative estimate of drug-likeness (QED) is 0.344. The van der Waals surface area contributed by atoms with Gasteiger partial charge >= 0.3 is 6.09 Å². The number of aromatic nitrogens is 1. The molecule has 0 aliphatic carbocycles. The average molecular weight is 441 g/mol. The molecule has 5 nitrogen and oxygen atoms in total. The van der Waals surface area contributed by atoms with Crippen LogP contribution in [0.2, 0.25) is 0 Å². The molecule has 0 radical (unpaired) electrons. The van der Waals surface area contributed by atoms with Crippen LogP contribution in [0.1, 0.15) is 25.0 Å². The molecule has 0 aliphatic heterocycles. The fourth-order valence-electron chi connectivity index (χ4n) is 3.79. The van der Waals surface area contributed by atoms with Crippen LogP contribution in [-0.2, 0) is 12.0 Å². The van der Waals surface area contributed by atoms with E-state index in [1.807, 2.05) is 85.2 Å². The highest BCUT2D eigenvalue weighted by atomic mass is 16.6. The van der Waals surface area contributed by atoms with Gasteiger partial charge in [-0.15, -0.1) is 0 Å². The van der Waals surface area contributed by atoms with E-state index in [2.05, 4.69) is 19.9 Å². The van der Waals surface area contributed by atoms with E-state index >= 15 is 0 Å². The van der Waals surface area contributed by atoms with Crippen LogP contribution in [0, 0.1) is 0 Å². The maximum absolute atomic E-state index is 13.1. The van der Waals surface area contributed by atoms with Crippen molar-refractivity contribution in [1.82, 2.24) is 9.63 Å². The lowest BCUT2D eigenvalue weighted by atomic mass is 9.84. The van der Waals surface area contributed by atoms with Gasteiger partial charge in [-0.3, -0.25) is 4.90 Å². The lowest BCUT2D eigenvalue weighted by Crippen LogP contribution is -2.29. The lowest BCUT2D eigenvalue weighted by molar-refractivity contribution is 0.167. The van der Waals surface area contributed by atoms with Gasteiger partial charge in [0, 0.05) is 23.2 Å². The molecule has 0 bridgehead atoms. The number of rotatable bonds is 7. The minimum Gasteiger partial charge on any atom is -0.417 e. The molecule has 0 atom stereocenters. The monoisotopic (exact) mass is 440 g/mol. The van der Waals surface area contributed by atoms with E-state index in [0.29, 0.717) is 12.3 Å². The van der Waals surface area contributed by atoms with Crippen LogP contribution in [0.25, 0.3) is 10.9 Å². The molecule has 5 heteroatoms. The number of para-hydroxylation sites is 2. The van der Waals surface area contributed by atoms with Gasteiger partial charge in [0.15, 0.2) is 0 Å². The molecule has 1 amide bonds. The van der Waals surface area contributed by atoms with Crippen molar-refractivity contribution in [2.75, 3.05) is 7.11 Å². The number of fused-ring (bicyclic) bond motifs is 1. The Labute approximate surface area is 194 Å². The Balaban J connectivity index is 1.64. The Morgan fingerprint density at radius 1 is 0.939 bits per heavy atom. The molecule has 168 valence electrons. The lowest BCUT2D eigenvalue weighted by Gasteiger charge is -2.23. The third-order valence-electron chi connectivity index (χ3n) is 5.62. The smallest absolute Gasteiger partial charge is 0.417 e. The highest BCUT2D eigenvalue weighted by molar-refractivity contribution is 5.85. The molecule has 1 aromatic heterocycles. The van der Waals surface area contributed by atoms with Crippen LogP contribution >= 0.6 is 0 Å². The van der Waals surface area contributed by atoms with Crippen molar-refractivity contribution in [1.29, 1.82) is 0 Å². The highest BCUT2D eigenvalue weighted by Gasteiger charge is 2.24.